The van der Waals surface area contributed by atoms with Gasteiger partial charge in [-0.2, -0.15) is 39.5 Å². The number of pyridine rings is 1. The number of morpholine rings is 1. The number of hydrogen-bond acceptors (Lipinski definition) is 8. The number of alkyl halides is 9. The monoisotopic (exact) mass is 699 g/mol. The first kappa shape index (κ1) is 40.5. The van der Waals surface area contributed by atoms with Gasteiger partial charge in [-0.3, -0.25) is 14.8 Å². The summed E-state index contributed by atoms with van der Waals surface area (Å²) in [4.78, 5) is 39.2. The number of carbonyl (C=O) groups is 3. The van der Waals surface area contributed by atoms with E-state index in [0.29, 0.717) is 0 Å². The van der Waals surface area contributed by atoms with Crippen molar-refractivity contribution in [1.29, 1.82) is 0 Å². The van der Waals surface area contributed by atoms with Crippen LogP contribution in [-0.4, -0.2) is 105 Å². The lowest BCUT2D eigenvalue weighted by atomic mass is 9.89. The number of carboxylic acid groups (broad SMARTS) is 3. The molecule has 2 aromatic heterocycles. The number of aliphatic carboxylic acids is 3. The van der Waals surface area contributed by atoms with Crippen LogP contribution in [0.2, 0.25) is 0 Å². The van der Waals surface area contributed by atoms with E-state index in [0.717, 1.165) is 64.4 Å². The van der Waals surface area contributed by atoms with Crippen LogP contribution in [0.1, 0.15) is 28.3 Å². The van der Waals surface area contributed by atoms with Gasteiger partial charge >= 0.3 is 36.4 Å². The van der Waals surface area contributed by atoms with Crippen LogP contribution in [0.25, 0.3) is 0 Å². The molecule has 2 aliphatic heterocycles. The number of halogens is 9. The molecule has 2 fully saturated rings. The largest absolute Gasteiger partial charge is 0.490 e. The molecule has 20 heteroatoms. The summed E-state index contributed by atoms with van der Waals surface area (Å²) < 4.78 is 101. The highest BCUT2D eigenvalue weighted by molar-refractivity contribution is 7.11. The normalized spacial score (nSPS) is 16.9. The Bertz CT molecular complexity index is 1190. The van der Waals surface area contributed by atoms with Crippen molar-refractivity contribution in [3.05, 3.63) is 52.0 Å². The van der Waals surface area contributed by atoms with Gasteiger partial charge in [-0.25, -0.2) is 14.4 Å². The van der Waals surface area contributed by atoms with E-state index >= 15 is 0 Å². The lowest BCUT2D eigenvalue weighted by Gasteiger charge is -2.47. The lowest BCUT2D eigenvalue weighted by molar-refractivity contribution is -0.193. The van der Waals surface area contributed by atoms with E-state index < -0.39 is 36.4 Å². The number of nitrogens with zero attached hydrogens (tertiary/aromatic N) is 3. The zero-order valence-electron chi connectivity index (χ0n) is 24.0. The third kappa shape index (κ3) is 15.7. The van der Waals surface area contributed by atoms with Gasteiger partial charge in [0, 0.05) is 55.2 Å². The van der Waals surface area contributed by atoms with E-state index in [-0.39, 0.29) is 5.60 Å². The van der Waals surface area contributed by atoms with Crippen LogP contribution >= 0.6 is 11.3 Å². The van der Waals surface area contributed by atoms with Crippen molar-refractivity contribution >= 4 is 29.2 Å². The molecule has 0 aromatic carbocycles. The number of rotatable bonds is 4. The molecule has 2 saturated heterocycles. The Kier molecular flexibility index (Phi) is 15.4. The maximum absolute atomic E-state index is 10.6. The van der Waals surface area contributed by atoms with Crippen molar-refractivity contribution in [3.8, 4) is 0 Å². The highest BCUT2D eigenvalue weighted by Gasteiger charge is 2.41. The van der Waals surface area contributed by atoms with Gasteiger partial charge in [0.15, 0.2) is 0 Å². The molecule has 0 radical (unpaired) electrons. The average molecular weight is 700 g/mol. The van der Waals surface area contributed by atoms with Crippen molar-refractivity contribution in [2.45, 2.75) is 57.0 Å². The quantitative estimate of drug-likeness (QED) is 0.364. The summed E-state index contributed by atoms with van der Waals surface area (Å²) in [6, 6.07) is 10.7. The Morgan fingerprint density at radius 2 is 1.30 bits per heavy atom. The van der Waals surface area contributed by atoms with E-state index in [1.165, 1.54) is 9.75 Å². The molecule has 10 nitrogen and oxygen atoms in total. The topological polar surface area (TPSA) is 140 Å². The predicted octanol–water partition coefficient (Wildman–Crippen LogP) is 5.22. The zero-order chi connectivity index (χ0) is 35.3. The molecular formula is C26H30F9N3O7S. The second-order valence-electron chi connectivity index (χ2n) is 9.76. The van der Waals surface area contributed by atoms with Crippen LogP contribution in [0.5, 0.6) is 0 Å². The molecule has 0 aliphatic carbocycles. The molecule has 0 amide bonds. The van der Waals surface area contributed by atoms with Gasteiger partial charge in [-0.15, -0.1) is 11.3 Å². The van der Waals surface area contributed by atoms with Crippen LogP contribution in [0, 0.1) is 6.92 Å². The van der Waals surface area contributed by atoms with Gasteiger partial charge in [-0.1, -0.05) is 6.07 Å². The summed E-state index contributed by atoms with van der Waals surface area (Å²) in [5.74, 6) is -8.27. The molecule has 2 aromatic rings. The smallest absolute Gasteiger partial charge is 0.475 e. The predicted molar refractivity (Wildman–Crippen MR) is 143 cm³/mol. The average Bonchev–Trinajstić information content (AvgIpc) is 3.34. The Morgan fingerprint density at radius 3 is 1.70 bits per heavy atom. The molecule has 0 saturated carbocycles. The standard InChI is InChI=1S/C20H27N3OS.3C2HF3O2/c1-17-5-6-19(25-17)15-22-10-7-20(8-11-22)16-23(12-13-24-20)14-18-4-2-3-9-21-18;3*3-2(4,5)1(6)7/h2-6,9H,7-8,10-16H2,1H3;3*(H,6,7). The summed E-state index contributed by atoms with van der Waals surface area (Å²) in [6.45, 7) is 9.37. The Balaban J connectivity index is 0.000000413. The van der Waals surface area contributed by atoms with Crippen molar-refractivity contribution in [3.63, 3.8) is 0 Å². The molecule has 1 spiro atoms. The fraction of sp³-hybridized carbons (Fsp3) is 0.538. The van der Waals surface area contributed by atoms with Crippen LogP contribution in [0.4, 0.5) is 39.5 Å². The van der Waals surface area contributed by atoms with Gasteiger partial charge in [-0.05, 0) is 44.0 Å². The summed E-state index contributed by atoms with van der Waals surface area (Å²) >= 11 is 1.92. The molecule has 46 heavy (non-hydrogen) atoms. The highest BCUT2D eigenvalue weighted by atomic mass is 32.1. The molecule has 2 aliphatic rings. The third-order valence-electron chi connectivity index (χ3n) is 6.11. The van der Waals surface area contributed by atoms with Gasteiger partial charge in [0.05, 0.1) is 17.9 Å². The fourth-order valence-corrected chi connectivity index (χ4v) is 4.92. The maximum Gasteiger partial charge on any atom is 0.490 e. The van der Waals surface area contributed by atoms with E-state index in [1.54, 1.807) is 0 Å². The zero-order valence-corrected chi connectivity index (χ0v) is 24.8. The van der Waals surface area contributed by atoms with Crippen molar-refractivity contribution < 1.29 is 74.0 Å². The summed E-state index contributed by atoms with van der Waals surface area (Å²) in [5.41, 5.74) is 1.21. The van der Waals surface area contributed by atoms with Crippen LogP contribution in [0.3, 0.4) is 0 Å². The fourth-order valence-electron chi connectivity index (χ4n) is 3.99. The van der Waals surface area contributed by atoms with Gasteiger partial charge < -0.3 is 20.1 Å². The SMILES string of the molecule is Cc1ccc(CN2CCC3(CC2)CN(Cc2ccccn2)CCO3)s1.O=C(O)C(F)(F)F.O=C(O)C(F)(F)F.O=C(O)C(F)(F)F. The molecule has 0 bridgehead atoms. The minimum atomic E-state index is -5.08. The molecule has 0 atom stereocenters. The lowest BCUT2D eigenvalue weighted by Crippen LogP contribution is -2.56. The summed E-state index contributed by atoms with van der Waals surface area (Å²) in [7, 11) is 0. The molecule has 3 N–H and O–H groups in total. The number of ether oxygens (including phenoxy) is 1. The van der Waals surface area contributed by atoms with Gasteiger partial charge in [0.2, 0.25) is 0 Å². The summed E-state index contributed by atoms with van der Waals surface area (Å²) in [6.07, 6.45) is -11.1. The van der Waals surface area contributed by atoms with E-state index in [4.69, 9.17) is 34.4 Å². The van der Waals surface area contributed by atoms with Crippen LogP contribution < -0.4 is 0 Å². The van der Waals surface area contributed by atoms with Crippen molar-refractivity contribution in [2.24, 2.45) is 0 Å². The Morgan fingerprint density at radius 1 is 0.804 bits per heavy atom. The number of aromatic nitrogens is 1. The molecule has 4 rings (SSSR count). The number of aryl methyl sites for hydroxylation is 1. The number of carboxylic acids is 3. The number of likely N-dealkylation sites (tertiary alicyclic amines) is 1. The van der Waals surface area contributed by atoms with Crippen LogP contribution in [0.15, 0.2) is 36.5 Å². The first-order chi connectivity index (χ1) is 21.0. The molecule has 4 heterocycles. The second-order valence-corrected chi connectivity index (χ2v) is 11.1. The van der Waals surface area contributed by atoms with E-state index in [2.05, 4.69) is 46.0 Å². The Labute approximate surface area is 260 Å². The van der Waals surface area contributed by atoms with Gasteiger partial charge in [0.1, 0.15) is 0 Å². The number of piperidine rings is 1. The van der Waals surface area contributed by atoms with Crippen molar-refractivity contribution in [1.82, 2.24) is 14.8 Å². The molecule has 0 unspecified atom stereocenters. The molecule has 260 valence electrons. The first-order valence-corrected chi connectivity index (χ1v) is 13.8. The Hall–Kier alpha value is -3.49. The van der Waals surface area contributed by atoms with E-state index in [1.807, 2.05) is 23.6 Å². The number of hydrogen-bond donors (Lipinski definition) is 3. The maximum atomic E-state index is 10.6. The first-order valence-electron chi connectivity index (χ1n) is 13.0. The molecular weight excluding hydrogens is 669 g/mol. The van der Waals surface area contributed by atoms with Crippen molar-refractivity contribution in [2.75, 3.05) is 32.8 Å². The highest BCUT2D eigenvalue weighted by Crippen LogP contribution is 2.32. The number of thiophene rings is 1. The minimum absolute atomic E-state index is 0.0505. The van der Waals surface area contributed by atoms with Gasteiger partial charge in [0.25, 0.3) is 0 Å². The van der Waals surface area contributed by atoms with Crippen LogP contribution in [-0.2, 0) is 32.2 Å². The summed E-state index contributed by atoms with van der Waals surface area (Å²) in [5, 5.41) is 21.4. The van der Waals surface area contributed by atoms with E-state index in [9.17, 15) is 39.5 Å². The second kappa shape index (κ2) is 17.4. The minimum Gasteiger partial charge on any atom is -0.475 e. The third-order valence-corrected chi connectivity index (χ3v) is 7.09.